The van der Waals surface area contributed by atoms with Gasteiger partial charge in [-0.1, -0.05) is 44.2 Å². The molecule has 0 fully saturated rings. The monoisotopic (exact) mass is 370 g/mol. The van der Waals surface area contributed by atoms with E-state index in [0.717, 1.165) is 41.4 Å². The summed E-state index contributed by atoms with van der Waals surface area (Å²) in [6, 6.07) is 10.0. The second kappa shape index (κ2) is 8.08. The van der Waals surface area contributed by atoms with Gasteiger partial charge in [-0.05, 0) is 11.7 Å². The van der Waals surface area contributed by atoms with Gasteiger partial charge in [0.15, 0.2) is 5.82 Å². The summed E-state index contributed by atoms with van der Waals surface area (Å²) in [5.41, 5.74) is 3.13. The van der Waals surface area contributed by atoms with Crippen molar-refractivity contribution in [3.63, 3.8) is 0 Å². The summed E-state index contributed by atoms with van der Waals surface area (Å²) in [7, 11) is 4.02. The minimum Gasteiger partial charge on any atom is -0.362 e. The molecule has 0 atom stereocenters. The molecule has 0 radical (unpaired) electrons. The van der Waals surface area contributed by atoms with Gasteiger partial charge >= 0.3 is 0 Å². The Balaban J connectivity index is 1.90. The van der Waals surface area contributed by atoms with Gasteiger partial charge in [-0.2, -0.15) is 0 Å². The largest absolute Gasteiger partial charge is 0.362 e. The van der Waals surface area contributed by atoms with Crippen LogP contribution in [0.4, 0.5) is 5.82 Å². The highest BCUT2D eigenvalue weighted by Crippen LogP contribution is 2.28. The number of thioether (sulfide) groups is 1. The van der Waals surface area contributed by atoms with Gasteiger partial charge < -0.3 is 9.80 Å². The quantitative estimate of drug-likeness (QED) is 0.809. The Morgan fingerprint density at radius 3 is 2.62 bits per heavy atom. The fourth-order valence-electron chi connectivity index (χ4n) is 3.04. The molecule has 2 heterocycles. The highest BCUT2D eigenvalue weighted by atomic mass is 32.2. The number of rotatable bonds is 5. The Morgan fingerprint density at radius 1 is 1.23 bits per heavy atom. The number of hydrogen-bond acceptors (Lipinski definition) is 5. The van der Waals surface area contributed by atoms with Gasteiger partial charge in [-0.3, -0.25) is 4.79 Å². The third kappa shape index (κ3) is 4.18. The van der Waals surface area contributed by atoms with Crippen molar-refractivity contribution in [1.29, 1.82) is 0 Å². The maximum absolute atomic E-state index is 12.5. The van der Waals surface area contributed by atoms with Crippen LogP contribution in [-0.2, 0) is 17.8 Å². The Hall–Kier alpha value is -2.08. The molecule has 2 aromatic rings. The van der Waals surface area contributed by atoms with E-state index in [4.69, 9.17) is 9.97 Å². The zero-order valence-electron chi connectivity index (χ0n) is 15.9. The summed E-state index contributed by atoms with van der Waals surface area (Å²) in [6.07, 6.45) is 0.802. The molecule has 5 nitrogen and oxygen atoms in total. The summed E-state index contributed by atoms with van der Waals surface area (Å²) in [6.45, 7) is 5.54. The topological polar surface area (TPSA) is 49.3 Å². The van der Waals surface area contributed by atoms with E-state index in [2.05, 4.69) is 13.8 Å². The van der Waals surface area contributed by atoms with Gasteiger partial charge in [-0.25, -0.2) is 9.97 Å². The summed E-state index contributed by atoms with van der Waals surface area (Å²) in [4.78, 5) is 26.1. The van der Waals surface area contributed by atoms with Crippen molar-refractivity contribution in [2.75, 3.05) is 31.3 Å². The third-order valence-electron chi connectivity index (χ3n) is 4.39. The Labute approximate surface area is 159 Å². The first-order valence-electron chi connectivity index (χ1n) is 8.97. The average molecular weight is 371 g/mol. The molecule has 3 rings (SSSR count). The highest BCUT2D eigenvalue weighted by molar-refractivity contribution is 8.00. The van der Waals surface area contributed by atoms with E-state index in [0.29, 0.717) is 17.5 Å². The molecule has 1 aliphatic heterocycles. The van der Waals surface area contributed by atoms with Gasteiger partial charge in [0.05, 0.1) is 18.0 Å². The Bertz CT molecular complexity index is 777. The summed E-state index contributed by atoms with van der Waals surface area (Å²) < 4.78 is 0. The number of amides is 1. The molecule has 0 bridgehead atoms. The van der Waals surface area contributed by atoms with Crippen LogP contribution in [0.1, 0.15) is 25.1 Å². The predicted octanol–water partition coefficient (Wildman–Crippen LogP) is 3.24. The second-order valence-electron chi connectivity index (χ2n) is 6.98. The zero-order chi connectivity index (χ0) is 18.7. The molecular weight excluding hydrogens is 344 g/mol. The minimum atomic E-state index is 0.195. The Kier molecular flexibility index (Phi) is 5.81. The SMILES string of the molecule is CC(C)SCC(=O)N1CCc2c(nc(-c3ccccc3)nc2N(C)C)C1. The lowest BCUT2D eigenvalue weighted by molar-refractivity contribution is -0.129. The van der Waals surface area contributed by atoms with E-state index in [1.54, 1.807) is 11.8 Å². The average Bonchev–Trinajstić information content (AvgIpc) is 2.65. The molecule has 138 valence electrons. The molecule has 0 N–H and O–H groups in total. The molecule has 0 spiro atoms. The van der Waals surface area contributed by atoms with Gasteiger partial charge in [0.25, 0.3) is 0 Å². The van der Waals surface area contributed by atoms with Crippen molar-refractivity contribution in [2.45, 2.75) is 32.1 Å². The normalized spacial score (nSPS) is 13.7. The maximum atomic E-state index is 12.5. The molecule has 1 aromatic heterocycles. The van der Waals surface area contributed by atoms with Crippen LogP contribution in [-0.4, -0.2) is 52.4 Å². The van der Waals surface area contributed by atoms with Crippen LogP contribution in [0.2, 0.25) is 0 Å². The van der Waals surface area contributed by atoms with Crippen molar-refractivity contribution in [2.24, 2.45) is 0 Å². The van der Waals surface area contributed by atoms with E-state index in [1.165, 1.54) is 0 Å². The molecule has 0 aliphatic carbocycles. The van der Waals surface area contributed by atoms with Crippen molar-refractivity contribution < 1.29 is 4.79 Å². The number of nitrogens with zero attached hydrogens (tertiary/aromatic N) is 4. The first-order chi connectivity index (χ1) is 12.5. The van der Waals surface area contributed by atoms with E-state index in [1.807, 2.05) is 54.2 Å². The first-order valence-corrected chi connectivity index (χ1v) is 10.0. The lowest BCUT2D eigenvalue weighted by Crippen LogP contribution is -2.38. The van der Waals surface area contributed by atoms with Crippen LogP contribution < -0.4 is 4.90 Å². The molecule has 0 saturated heterocycles. The molecule has 0 unspecified atom stereocenters. The summed E-state index contributed by atoms with van der Waals surface area (Å²) in [5.74, 6) is 2.40. The van der Waals surface area contributed by atoms with Crippen LogP contribution in [0, 0.1) is 0 Å². The van der Waals surface area contributed by atoms with Crippen LogP contribution in [0.5, 0.6) is 0 Å². The number of fused-ring (bicyclic) bond motifs is 1. The fourth-order valence-corrected chi connectivity index (χ4v) is 3.70. The molecule has 6 heteroatoms. The van der Waals surface area contributed by atoms with Gasteiger partial charge in [-0.15, -0.1) is 11.8 Å². The van der Waals surface area contributed by atoms with Crippen molar-refractivity contribution in [3.05, 3.63) is 41.6 Å². The van der Waals surface area contributed by atoms with E-state index in [9.17, 15) is 4.79 Å². The molecule has 0 saturated carbocycles. The summed E-state index contributed by atoms with van der Waals surface area (Å²) >= 11 is 1.69. The number of carbonyl (C=O) groups is 1. The van der Waals surface area contributed by atoms with Gasteiger partial charge in [0, 0.05) is 31.8 Å². The van der Waals surface area contributed by atoms with E-state index in [-0.39, 0.29) is 5.91 Å². The zero-order valence-corrected chi connectivity index (χ0v) is 16.7. The van der Waals surface area contributed by atoms with Crippen LogP contribution in [0.15, 0.2) is 30.3 Å². The van der Waals surface area contributed by atoms with Crippen molar-refractivity contribution >= 4 is 23.5 Å². The van der Waals surface area contributed by atoms with Crippen molar-refractivity contribution in [3.8, 4) is 11.4 Å². The fraction of sp³-hybridized carbons (Fsp3) is 0.450. The maximum Gasteiger partial charge on any atom is 0.232 e. The molecule has 1 aromatic carbocycles. The molecule has 26 heavy (non-hydrogen) atoms. The van der Waals surface area contributed by atoms with E-state index >= 15 is 0 Å². The number of benzene rings is 1. The first kappa shape index (κ1) is 18.7. The van der Waals surface area contributed by atoms with Crippen LogP contribution in [0.25, 0.3) is 11.4 Å². The van der Waals surface area contributed by atoms with Crippen LogP contribution >= 0.6 is 11.8 Å². The number of carbonyl (C=O) groups excluding carboxylic acids is 1. The summed E-state index contributed by atoms with van der Waals surface area (Å²) in [5, 5.41) is 0.461. The van der Waals surface area contributed by atoms with Gasteiger partial charge in [0.1, 0.15) is 5.82 Å². The predicted molar refractivity (Wildman–Crippen MR) is 109 cm³/mol. The standard InChI is InChI=1S/C20H26N4OS/c1-14(2)26-13-18(25)24-11-10-16-17(12-24)21-19(22-20(16)23(3)4)15-8-6-5-7-9-15/h5-9,14H,10-13H2,1-4H3. The van der Waals surface area contributed by atoms with E-state index < -0.39 is 0 Å². The molecular formula is C20H26N4OS. The molecule has 1 amide bonds. The number of hydrogen-bond donors (Lipinski definition) is 0. The van der Waals surface area contributed by atoms with Gasteiger partial charge in [0.2, 0.25) is 5.91 Å². The Morgan fingerprint density at radius 2 is 1.96 bits per heavy atom. The number of anilines is 1. The lowest BCUT2D eigenvalue weighted by atomic mass is 10.0. The second-order valence-corrected chi connectivity index (χ2v) is 8.55. The number of aromatic nitrogens is 2. The minimum absolute atomic E-state index is 0.195. The molecule has 1 aliphatic rings. The van der Waals surface area contributed by atoms with Crippen molar-refractivity contribution in [1.82, 2.24) is 14.9 Å². The third-order valence-corrected chi connectivity index (χ3v) is 5.47. The van der Waals surface area contributed by atoms with Crippen LogP contribution in [0.3, 0.4) is 0 Å². The highest BCUT2D eigenvalue weighted by Gasteiger charge is 2.26. The smallest absolute Gasteiger partial charge is 0.232 e. The lowest BCUT2D eigenvalue weighted by Gasteiger charge is -2.31.